The second kappa shape index (κ2) is 6.96. The smallest absolute Gasteiger partial charge is 0.360 e. The Morgan fingerprint density at radius 3 is 2.61 bits per heavy atom. The number of carbonyl (C=O) groups excluding carboxylic acids is 1. The highest BCUT2D eigenvalue weighted by atomic mass is 35.5. The monoisotopic (exact) mass is 463 g/mol. The van der Waals surface area contributed by atoms with Gasteiger partial charge in [-0.3, -0.25) is 9.89 Å². The van der Waals surface area contributed by atoms with E-state index in [2.05, 4.69) is 25.8 Å². The van der Waals surface area contributed by atoms with E-state index in [4.69, 9.17) is 11.6 Å². The van der Waals surface area contributed by atoms with Crippen LogP contribution in [0.2, 0.25) is 5.02 Å². The number of rotatable bonds is 2. The molecule has 4 heterocycles. The summed E-state index contributed by atoms with van der Waals surface area (Å²) in [6, 6.07) is 8.12. The zero-order chi connectivity index (χ0) is 21.9. The molecule has 3 aromatic heterocycles. The minimum Gasteiger partial charge on any atom is -0.360 e. The van der Waals surface area contributed by atoms with Crippen molar-refractivity contribution >= 4 is 44.7 Å². The number of H-pyrrole nitrogens is 1. The van der Waals surface area contributed by atoms with Gasteiger partial charge in [-0.2, -0.15) is 18.3 Å². The first-order valence-electron chi connectivity index (χ1n) is 9.10. The fourth-order valence-corrected chi connectivity index (χ4v) is 4.86. The van der Waals surface area contributed by atoms with E-state index < -0.39 is 23.9 Å². The number of anilines is 1. The van der Waals surface area contributed by atoms with Crippen LogP contribution >= 0.6 is 22.9 Å². The highest BCUT2D eigenvalue weighted by Gasteiger charge is 2.36. The maximum atomic E-state index is 13.2. The summed E-state index contributed by atoms with van der Waals surface area (Å²) in [5, 5.41) is 14.2. The molecule has 1 atom stereocenters. The number of halogens is 4. The van der Waals surface area contributed by atoms with Gasteiger partial charge < -0.3 is 10.6 Å². The number of benzene rings is 1. The minimum absolute atomic E-state index is 0.158. The molecule has 3 N–H and O–H groups in total. The Bertz CT molecular complexity index is 1330. The van der Waals surface area contributed by atoms with E-state index in [1.165, 1.54) is 0 Å². The molecule has 6 nitrogen and oxygen atoms in total. The molecule has 4 aromatic rings. The molecule has 1 amide bonds. The lowest BCUT2D eigenvalue weighted by molar-refractivity contribution is -0.141. The number of amides is 1. The summed E-state index contributed by atoms with van der Waals surface area (Å²) >= 11 is 6.89. The lowest BCUT2D eigenvalue weighted by atomic mass is 10.0. The first-order chi connectivity index (χ1) is 14.7. The van der Waals surface area contributed by atoms with E-state index in [1.54, 1.807) is 25.3 Å². The average Bonchev–Trinajstić information content (AvgIpc) is 3.33. The van der Waals surface area contributed by atoms with Crippen molar-refractivity contribution in [2.45, 2.75) is 19.3 Å². The van der Waals surface area contributed by atoms with Gasteiger partial charge >= 0.3 is 6.18 Å². The van der Waals surface area contributed by atoms with Crippen LogP contribution in [0, 0.1) is 6.92 Å². The maximum Gasteiger partial charge on any atom is 0.433 e. The van der Waals surface area contributed by atoms with Gasteiger partial charge in [-0.05, 0) is 30.7 Å². The van der Waals surface area contributed by atoms with Gasteiger partial charge in [0.15, 0.2) is 0 Å². The SMILES string of the molecule is Cc1cc(C(F)(F)F)nc2sc3c(c12)N[C@@H](c1cn[nH]c1-c1ccc(Cl)cc1)NC3=O. The van der Waals surface area contributed by atoms with Crippen molar-refractivity contribution < 1.29 is 18.0 Å². The third-order valence-electron chi connectivity index (χ3n) is 5.03. The van der Waals surface area contributed by atoms with Crippen LogP contribution in [0.3, 0.4) is 0 Å². The van der Waals surface area contributed by atoms with E-state index in [1.807, 2.05) is 12.1 Å². The summed E-state index contributed by atoms with van der Waals surface area (Å²) in [6.45, 7) is 1.58. The highest BCUT2D eigenvalue weighted by Crippen LogP contribution is 2.43. The van der Waals surface area contributed by atoms with E-state index in [0.717, 1.165) is 23.0 Å². The molecule has 0 radical (unpaired) electrons. The summed E-state index contributed by atoms with van der Waals surface area (Å²) in [4.78, 5) is 17.0. The van der Waals surface area contributed by atoms with E-state index in [-0.39, 0.29) is 9.71 Å². The van der Waals surface area contributed by atoms with Crippen LogP contribution in [-0.4, -0.2) is 21.1 Å². The number of hydrogen-bond donors (Lipinski definition) is 3. The van der Waals surface area contributed by atoms with Crippen LogP contribution in [0.5, 0.6) is 0 Å². The molecule has 0 saturated heterocycles. The van der Waals surface area contributed by atoms with Crippen LogP contribution in [0.25, 0.3) is 21.5 Å². The van der Waals surface area contributed by atoms with Gasteiger partial charge in [0.2, 0.25) is 0 Å². The summed E-state index contributed by atoms with van der Waals surface area (Å²) in [6.07, 6.45) is -3.61. The molecule has 1 aliphatic rings. The Balaban J connectivity index is 1.59. The number of alkyl halides is 3. The fraction of sp³-hybridized carbons (Fsp3) is 0.150. The first kappa shape index (κ1) is 19.8. The van der Waals surface area contributed by atoms with Crippen molar-refractivity contribution in [3.63, 3.8) is 0 Å². The first-order valence-corrected chi connectivity index (χ1v) is 10.3. The molecular formula is C20H13ClF3N5OS. The number of thiophene rings is 1. The molecule has 1 aliphatic heterocycles. The standard InChI is InChI=1S/C20H13ClF3N5OS/c1-8-6-12(20(22,23)24)26-19-13(8)15-16(31-19)18(30)28-17(27-15)11-7-25-29-14(11)9-2-4-10(21)5-3-9/h2-7,17,27H,1H3,(H,25,29)(H,28,30)/t17-/m1/s1. The molecule has 11 heteroatoms. The van der Waals surface area contributed by atoms with Gasteiger partial charge in [0.05, 0.1) is 17.6 Å². The van der Waals surface area contributed by atoms with E-state index in [0.29, 0.717) is 32.9 Å². The molecule has 1 aromatic carbocycles. The Hall–Kier alpha value is -3.11. The molecule has 0 bridgehead atoms. The summed E-state index contributed by atoms with van der Waals surface area (Å²) in [5.74, 6) is -0.391. The number of carbonyl (C=O) groups is 1. The minimum atomic E-state index is -4.56. The molecular weight excluding hydrogens is 451 g/mol. The summed E-state index contributed by atoms with van der Waals surface area (Å²) in [7, 11) is 0. The molecule has 0 saturated carbocycles. The Kier molecular flexibility index (Phi) is 4.45. The molecule has 31 heavy (non-hydrogen) atoms. The number of hydrogen-bond acceptors (Lipinski definition) is 5. The summed E-state index contributed by atoms with van der Waals surface area (Å²) in [5.41, 5.74) is 2.07. The molecule has 0 spiro atoms. The van der Waals surface area contributed by atoms with Gasteiger partial charge in [0, 0.05) is 21.5 Å². The molecule has 158 valence electrons. The Labute approximate surface area is 182 Å². The van der Waals surface area contributed by atoms with Crippen LogP contribution in [0.15, 0.2) is 36.5 Å². The highest BCUT2D eigenvalue weighted by molar-refractivity contribution is 7.21. The number of fused-ring (bicyclic) bond motifs is 3. The fourth-order valence-electron chi connectivity index (χ4n) is 3.62. The zero-order valence-corrected chi connectivity index (χ0v) is 17.3. The van der Waals surface area contributed by atoms with Gasteiger partial charge in [0.1, 0.15) is 21.6 Å². The van der Waals surface area contributed by atoms with E-state index >= 15 is 0 Å². The second-order valence-electron chi connectivity index (χ2n) is 7.07. The van der Waals surface area contributed by atoms with Crippen molar-refractivity contribution in [2.24, 2.45) is 0 Å². The molecule has 5 rings (SSSR count). The van der Waals surface area contributed by atoms with Crippen LogP contribution in [0.4, 0.5) is 18.9 Å². The van der Waals surface area contributed by atoms with Crippen molar-refractivity contribution in [1.29, 1.82) is 0 Å². The Morgan fingerprint density at radius 1 is 1.16 bits per heavy atom. The number of aromatic nitrogens is 3. The predicted molar refractivity (Wildman–Crippen MR) is 112 cm³/mol. The number of nitrogens with one attached hydrogen (secondary N) is 3. The van der Waals surface area contributed by atoms with Crippen LogP contribution in [0.1, 0.15) is 32.7 Å². The number of nitrogens with zero attached hydrogens (tertiary/aromatic N) is 2. The Morgan fingerprint density at radius 2 is 1.90 bits per heavy atom. The van der Waals surface area contributed by atoms with E-state index in [9.17, 15) is 18.0 Å². The van der Waals surface area contributed by atoms with Gasteiger partial charge in [-0.1, -0.05) is 23.7 Å². The molecule has 0 fully saturated rings. The summed E-state index contributed by atoms with van der Waals surface area (Å²) < 4.78 is 39.5. The quantitative estimate of drug-likeness (QED) is 0.365. The molecule has 0 unspecified atom stereocenters. The predicted octanol–water partition coefficient (Wildman–Crippen LogP) is 5.52. The lowest BCUT2D eigenvalue weighted by Gasteiger charge is -2.26. The van der Waals surface area contributed by atoms with Crippen molar-refractivity contribution in [3.8, 4) is 11.3 Å². The number of pyridine rings is 1. The lowest BCUT2D eigenvalue weighted by Crippen LogP contribution is -2.37. The van der Waals surface area contributed by atoms with Crippen LogP contribution < -0.4 is 10.6 Å². The third kappa shape index (κ3) is 3.31. The maximum absolute atomic E-state index is 13.2. The second-order valence-corrected chi connectivity index (χ2v) is 8.50. The largest absolute Gasteiger partial charge is 0.433 e. The number of aromatic amines is 1. The number of aryl methyl sites for hydroxylation is 1. The van der Waals surface area contributed by atoms with Gasteiger partial charge in [0.25, 0.3) is 5.91 Å². The zero-order valence-electron chi connectivity index (χ0n) is 15.8. The topological polar surface area (TPSA) is 82.7 Å². The molecule has 0 aliphatic carbocycles. The third-order valence-corrected chi connectivity index (χ3v) is 6.37. The van der Waals surface area contributed by atoms with Gasteiger partial charge in [-0.25, -0.2) is 4.98 Å². The van der Waals surface area contributed by atoms with Crippen LogP contribution in [-0.2, 0) is 6.18 Å². The van der Waals surface area contributed by atoms with Gasteiger partial charge in [-0.15, -0.1) is 11.3 Å². The van der Waals surface area contributed by atoms with Crippen molar-refractivity contribution in [2.75, 3.05) is 5.32 Å². The average molecular weight is 464 g/mol. The van der Waals surface area contributed by atoms with Crippen molar-refractivity contribution in [3.05, 3.63) is 63.2 Å². The normalized spacial score (nSPS) is 16.2. The van der Waals surface area contributed by atoms with Crippen molar-refractivity contribution in [1.82, 2.24) is 20.5 Å².